The van der Waals surface area contributed by atoms with Crippen molar-refractivity contribution in [3.63, 3.8) is 0 Å². The number of nitrogens with one attached hydrogen (secondary N) is 2. The number of benzene rings is 1. The van der Waals surface area contributed by atoms with Crippen molar-refractivity contribution in [1.82, 2.24) is 10.7 Å². The number of carbonyl (C=O) groups excluding carboxylic acids is 2. The van der Waals surface area contributed by atoms with E-state index in [1.165, 1.54) is 12.1 Å². The van der Waals surface area contributed by atoms with Gasteiger partial charge in [0.1, 0.15) is 11.5 Å². The number of hydrogen-bond donors (Lipinski definition) is 2. The summed E-state index contributed by atoms with van der Waals surface area (Å²) in [7, 11) is 0. The third-order valence-electron chi connectivity index (χ3n) is 2.88. The first-order valence-electron chi connectivity index (χ1n) is 5.98. The van der Waals surface area contributed by atoms with Gasteiger partial charge in [-0.05, 0) is 24.6 Å². The van der Waals surface area contributed by atoms with Crippen LogP contribution in [0.25, 0.3) is 0 Å². The molecule has 0 bridgehead atoms. The van der Waals surface area contributed by atoms with Crippen molar-refractivity contribution in [2.24, 2.45) is 5.10 Å². The zero-order chi connectivity index (χ0) is 13.8. The summed E-state index contributed by atoms with van der Waals surface area (Å²) in [4.78, 5) is 22.8. The number of hydrazone groups is 1. The SMILES string of the molecule is CC(NC(=O)C1=NNC(=O)CC1)c1ccc(F)cc1. The Morgan fingerprint density at radius 3 is 2.63 bits per heavy atom. The summed E-state index contributed by atoms with van der Waals surface area (Å²) in [5, 5.41) is 6.47. The highest BCUT2D eigenvalue weighted by Crippen LogP contribution is 2.13. The predicted molar refractivity (Wildman–Crippen MR) is 67.8 cm³/mol. The van der Waals surface area contributed by atoms with Crippen molar-refractivity contribution >= 4 is 17.5 Å². The van der Waals surface area contributed by atoms with Gasteiger partial charge < -0.3 is 5.32 Å². The number of hydrogen-bond acceptors (Lipinski definition) is 3. The molecule has 0 fully saturated rings. The molecule has 2 rings (SSSR count). The topological polar surface area (TPSA) is 70.6 Å². The minimum Gasteiger partial charge on any atom is -0.344 e. The minimum absolute atomic E-state index is 0.192. The van der Waals surface area contributed by atoms with Gasteiger partial charge >= 0.3 is 0 Å². The third-order valence-corrected chi connectivity index (χ3v) is 2.88. The number of nitrogens with zero attached hydrogens (tertiary/aromatic N) is 1. The van der Waals surface area contributed by atoms with Crippen molar-refractivity contribution in [2.45, 2.75) is 25.8 Å². The van der Waals surface area contributed by atoms with E-state index in [1.54, 1.807) is 19.1 Å². The molecule has 1 heterocycles. The molecule has 6 heteroatoms. The monoisotopic (exact) mass is 263 g/mol. The molecule has 100 valence electrons. The highest BCUT2D eigenvalue weighted by molar-refractivity contribution is 6.39. The summed E-state index contributed by atoms with van der Waals surface area (Å²) in [5.74, 6) is -0.832. The zero-order valence-electron chi connectivity index (χ0n) is 10.4. The fourth-order valence-electron chi connectivity index (χ4n) is 1.75. The average Bonchev–Trinajstić information content (AvgIpc) is 2.40. The number of amides is 2. The molecule has 1 aliphatic rings. The lowest BCUT2D eigenvalue weighted by molar-refractivity contribution is -0.121. The summed E-state index contributed by atoms with van der Waals surface area (Å²) in [6.07, 6.45) is 0.588. The smallest absolute Gasteiger partial charge is 0.267 e. The lowest BCUT2D eigenvalue weighted by atomic mass is 10.1. The van der Waals surface area contributed by atoms with E-state index in [0.717, 1.165) is 5.56 Å². The van der Waals surface area contributed by atoms with Crippen LogP contribution in [0.4, 0.5) is 4.39 Å². The van der Waals surface area contributed by atoms with Gasteiger partial charge in [-0.25, -0.2) is 9.82 Å². The van der Waals surface area contributed by atoms with Crippen molar-refractivity contribution in [3.05, 3.63) is 35.6 Å². The van der Waals surface area contributed by atoms with Gasteiger partial charge in [0.25, 0.3) is 5.91 Å². The van der Waals surface area contributed by atoms with Gasteiger partial charge in [-0.2, -0.15) is 5.10 Å². The molecule has 2 N–H and O–H groups in total. The second-order valence-corrected chi connectivity index (χ2v) is 4.34. The van der Waals surface area contributed by atoms with Gasteiger partial charge in [0.15, 0.2) is 0 Å². The summed E-state index contributed by atoms with van der Waals surface area (Å²) >= 11 is 0. The first kappa shape index (κ1) is 13.2. The van der Waals surface area contributed by atoms with Crippen LogP contribution in [-0.4, -0.2) is 17.5 Å². The zero-order valence-corrected chi connectivity index (χ0v) is 10.4. The number of rotatable bonds is 3. The second-order valence-electron chi connectivity index (χ2n) is 4.34. The molecule has 1 aromatic rings. The van der Waals surface area contributed by atoms with E-state index >= 15 is 0 Å². The third kappa shape index (κ3) is 3.37. The van der Waals surface area contributed by atoms with Crippen molar-refractivity contribution in [1.29, 1.82) is 0 Å². The van der Waals surface area contributed by atoms with Crippen molar-refractivity contribution < 1.29 is 14.0 Å². The van der Waals surface area contributed by atoms with Crippen LogP contribution in [0.3, 0.4) is 0 Å². The average molecular weight is 263 g/mol. The summed E-state index contributed by atoms with van der Waals surface area (Å²) in [5.41, 5.74) is 3.37. The highest BCUT2D eigenvalue weighted by atomic mass is 19.1. The van der Waals surface area contributed by atoms with Crippen LogP contribution in [0, 0.1) is 5.82 Å². The van der Waals surface area contributed by atoms with Crippen molar-refractivity contribution in [3.8, 4) is 0 Å². The van der Waals surface area contributed by atoms with E-state index in [1.807, 2.05) is 0 Å². The Morgan fingerprint density at radius 2 is 2.05 bits per heavy atom. The number of carbonyl (C=O) groups is 2. The molecule has 1 aliphatic heterocycles. The summed E-state index contributed by atoms with van der Waals surface area (Å²) < 4.78 is 12.8. The summed E-state index contributed by atoms with van der Waals surface area (Å²) in [6.45, 7) is 1.80. The molecule has 2 amide bonds. The fourth-order valence-corrected chi connectivity index (χ4v) is 1.75. The van der Waals surface area contributed by atoms with Gasteiger partial charge in [-0.15, -0.1) is 0 Å². The van der Waals surface area contributed by atoms with Gasteiger partial charge in [-0.1, -0.05) is 12.1 Å². The molecule has 1 unspecified atom stereocenters. The molecule has 5 nitrogen and oxygen atoms in total. The molecular formula is C13H14FN3O2. The Balaban J connectivity index is 1.99. The Bertz CT molecular complexity index is 525. The Hall–Kier alpha value is -2.24. The lowest BCUT2D eigenvalue weighted by Gasteiger charge is -2.16. The van der Waals surface area contributed by atoms with Gasteiger partial charge in [-0.3, -0.25) is 9.59 Å². The van der Waals surface area contributed by atoms with E-state index in [2.05, 4.69) is 15.8 Å². The first-order valence-corrected chi connectivity index (χ1v) is 5.98. The van der Waals surface area contributed by atoms with Crippen LogP contribution in [0.5, 0.6) is 0 Å². The predicted octanol–water partition coefficient (Wildman–Crippen LogP) is 1.27. The maximum absolute atomic E-state index is 12.8. The van der Waals surface area contributed by atoms with Crippen LogP contribution >= 0.6 is 0 Å². The van der Waals surface area contributed by atoms with Gasteiger partial charge in [0.05, 0.1) is 6.04 Å². The minimum atomic E-state index is -0.322. The van der Waals surface area contributed by atoms with Crippen molar-refractivity contribution in [2.75, 3.05) is 0 Å². The normalized spacial score (nSPS) is 16.3. The van der Waals surface area contributed by atoms with E-state index in [4.69, 9.17) is 0 Å². The molecule has 0 saturated carbocycles. The largest absolute Gasteiger partial charge is 0.344 e. The molecular weight excluding hydrogens is 249 g/mol. The molecule has 1 aromatic carbocycles. The highest BCUT2D eigenvalue weighted by Gasteiger charge is 2.19. The van der Waals surface area contributed by atoms with E-state index in [0.29, 0.717) is 12.1 Å². The van der Waals surface area contributed by atoms with E-state index in [-0.39, 0.29) is 30.1 Å². The second kappa shape index (κ2) is 5.60. The Kier molecular flexibility index (Phi) is 3.89. The van der Waals surface area contributed by atoms with Gasteiger partial charge in [0.2, 0.25) is 5.91 Å². The molecule has 19 heavy (non-hydrogen) atoms. The maximum atomic E-state index is 12.8. The molecule has 0 aromatic heterocycles. The van der Waals surface area contributed by atoms with Crippen LogP contribution in [-0.2, 0) is 9.59 Å². The van der Waals surface area contributed by atoms with Crippen LogP contribution in [0.2, 0.25) is 0 Å². The number of halogens is 1. The fraction of sp³-hybridized carbons (Fsp3) is 0.308. The molecule has 0 saturated heterocycles. The van der Waals surface area contributed by atoms with Crippen LogP contribution in [0.1, 0.15) is 31.4 Å². The van der Waals surface area contributed by atoms with Crippen LogP contribution < -0.4 is 10.7 Å². The molecule has 0 radical (unpaired) electrons. The molecule has 0 aliphatic carbocycles. The Labute approximate surface area is 109 Å². The maximum Gasteiger partial charge on any atom is 0.267 e. The van der Waals surface area contributed by atoms with E-state index < -0.39 is 0 Å². The molecule has 1 atom stereocenters. The summed E-state index contributed by atoms with van der Waals surface area (Å²) in [6, 6.07) is 5.66. The standard InChI is InChI=1S/C13H14FN3O2/c1-8(9-2-4-10(14)5-3-9)15-13(19)11-6-7-12(18)17-16-11/h2-5,8H,6-7H2,1H3,(H,15,19)(H,17,18). The van der Waals surface area contributed by atoms with E-state index in [9.17, 15) is 14.0 Å². The first-order chi connectivity index (χ1) is 9.06. The van der Waals surface area contributed by atoms with Crippen LogP contribution in [0.15, 0.2) is 29.4 Å². The Morgan fingerprint density at radius 1 is 1.37 bits per heavy atom. The lowest BCUT2D eigenvalue weighted by Crippen LogP contribution is -2.37. The van der Waals surface area contributed by atoms with Gasteiger partial charge in [0, 0.05) is 12.8 Å². The quantitative estimate of drug-likeness (QED) is 0.862. The molecule has 0 spiro atoms.